The van der Waals surface area contributed by atoms with Crippen molar-refractivity contribution in [3.63, 3.8) is 0 Å². The van der Waals surface area contributed by atoms with Gasteiger partial charge < -0.3 is 13.7 Å². The van der Waals surface area contributed by atoms with Crippen LogP contribution in [0, 0.1) is 0 Å². The molecule has 10 aromatic carbocycles. The lowest BCUT2D eigenvalue weighted by molar-refractivity contribution is 0.487. The third-order valence-corrected chi connectivity index (χ3v) is 20.6. The van der Waals surface area contributed by atoms with Gasteiger partial charge >= 0.3 is 0 Å². The Bertz CT molecular complexity index is 4030. The van der Waals surface area contributed by atoms with Crippen LogP contribution in [0.5, 0.6) is 11.5 Å². The van der Waals surface area contributed by atoms with E-state index in [0.717, 1.165) is 33.7 Å². The molecule has 3 nitrogen and oxygen atoms in total. The second kappa shape index (κ2) is 13.7. The number of rotatable bonds is 4. The molecule has 68 heavy (non-hydrogen) atoms. The predicted octanol–water partition coefficient (Wildman–Crippen LogP) is 13.6. The van der Waals surface area contributed by atoms with Gasteiger partial charge in [0.1, 0.15) is 22.7 Å². The first-order valence-electron chi connectivity index (χ1n) is 23.8. The van der Waals surface area contributed by atoms with Gasteiger partial charge in [0.2, 0.25) is 0 Å². The summed E-state index contributed by atoms with van der Waals surface area (Å²) in [6.45, 7) is 4.74. The van der Waals surface area contributed by atoms with Gasteiger partial charge in [-0.15, -0.1) is 0 Å². The summed E-state index contributed by atoms with van der Waals surface area (Å²) < 4.78 is 16.5. The number of benzene rings is 10. The lowest BCUT2D eigenvalue weighted by Gasteiger charge is -2.40. The molecule has 3 heterocycles. The van der Waals surface area contributed by atoms with Crippen molar-refractivity contribution in [2.45, 2.75) is 25.2 Å². The third-order valence-electron chi connectivity index (χ3n) is 15.8. The van der Waals surface area contributed by atoms with Crippen molar-refractivity contribution < 1.29 is 9.15 Å². The molecule has 15 rings (SSSR count). The fourth-order valence-electron chi connectivity index (χ4n) is 12.9. The fraction of sp³-hybridized carbons (Fsp3) is 0.0625. The molecule has 0 saturated carbocycles. The smallest absolute Gasteiger partial charge is 0.188 e. The monoisotopic (exact) mass is 885 g/mol. The van der Waals surface area contributed by atoms with Crippen molar-refractivity contribution in [1.29, 1.82) is 0 Å². The third kappa shape index (κ3) is 4.92. The van der Waals surface area contributed by atoms with E-state index in [1.807, 2.05) is 0 Å². The molecule has 2 aliphatic carbocycles. The molecule has 3 aliphatic rings. The molecule has 0 spiro atoms. The molecule has 0 amide bonds. The summed E-state index contributed by atoms with van der Waals surface area (Å²) in [6.07, 6.45) is 0. The lowest BCUT2D eigenvalue weighted by Crippen LogP contribution is -2.76. The summed E-state index contributed by atoms with van der Waals surface area (Å²) in [5, 5.41) is 9.89. The molecule has 2 aromatic heterocycles. The van der Waals surface area contributed by atoms with E-state index in [0.29, 0.717) is 0 Å². The average molecular weight is 886 g/mol. The van der Waals surface area contributed by atoms with Crippen LogP contribution in [0.4, 0.5) is 0 Å². The highest BCUT2D eigenvalue weighted by Crippen LogP contribution is 2.51. The minimum atomic E-state index is -3.22. The van der Waals surface area contributed by atoms with Gasteiger partial charge in [-0.2, -0.15) is 0 Å². The molecule has 1 aliphatic heterocycles. The fourth-order valence-corrected chi connectivity index (χ4v) is 17.9. The Morgan fingerprint density at radius 3 is 1.81 bits per heavy atom. The molecule has 0 radical (unpaired) electrons. The van der Waals surface area contributed by atoms with Crippen LogP contribution >= 0.6 is 0 Å². The van der Waals surface area contributed by atoms with Gasteiger partial charge in [0, 0.05) is 44.6 Å². The Labute approximate surface area is 395 Å². The molecule has 1 unspecified atom stereocenters. The molecular formula is C64H43NO2Si. The van der Waals surface area contributed by atoms with Crippen LogP contribution in [-0.4, -0.2) is 12.6 Å². The Morgan fingerprint density at radius 2 is 1.03 bits per heavy atom. The molecule has 0 bridgehead atoms. The van der Waals surface area contributed by atoms with E-state index in [2.05, 4.69) is 237 Å². The maximum Gasteiger partial charge on any atom is 0.188 e. The second-order valence-corrected chi connectivity index (χ2v) is 23.2. The average Bonchev–Trinajstić information content (AvgIpc) is 4.10. The van der Waals surface area contributed by atoms with E-state index >= 15 is 0 Å². The Morgan fingerprint density at radius 1 is 0.426 bits per heavy atom. The van der Waals surface area contributed by atoms with Crippen molar-refractivity contribution in [1.82, 2.24) is 4.57 Å². The Hall–Kier alpha value is -8.18. The van der Waals surface area contributed by atoms with Gasteiger partial charge in [-0.05, 0) is 107 Å². The van der Waals surface area contributed by atoms with Crippen molar-refractivity contribution in [2.24, 2.45) is 0 Å². The molecule has 0 N–H and O–H groups in total. The number of para-hydroxylation sites is 3. The number of ether oxygens (including phenoxy) is 1. The summed E-state index contributed by atoms with van der Waals surface area (Å²) in [5.41, 5.74) is 17.0. The summed E-state index contributed by atoms with van der Waals surface area (Å²) in [4.78, 5) is 0. The van der Waals surface area contributed by atoms with Crippen LogP contribution in [0.15, 0.2) is 223 Å². The van der Waals surface area contributed by atoms with E-state index < -0.39 is 8.07 Å². The van der Waals surface area contributed by atoms with Gasteiger partial charge in [0.15, 0.2) is 8.07 Å². The number of aromatic nitrogens is 1. The second-order valence-electron chi connectivity index (χ2n) is 19.5. The Kier molecular flexibility index (Phi) is 7.65. The first-order valence-corrected chi connectivity index (χ1v) is 25.8. The van der Waals surface area contributed by atoms with E-state index in [4.69, 9.17) is 9.15 Å². The van der Waals surface area contributed by atoms with E-state index in [-0.39, 0.29) is 11.3 Å². The van der Waals surface area contributed by atoms with Gasteiger partial charge in [0.25, 0.3) is 0 Å². The minimum Gasteiger partial charge on any atom is -0.457 e. The maximum absolute atomic E-state index is 7.22. The zero-order chi connectivity index (χ0) is 44.9. The largest absolute Gasteiger partial charge is 0.457 e. The van der Waals surface area contributed by atoms with E-state index in [1.54, 1.807) is 0 Å². The van der Waals surface area contributed by atoms with Crippen LogP contribution in [0.2, 0.25) is 0 Å². The van der Waals surface area contributed by atoms with Gasteiger partial charge in [-0.25, -0.2) is 0 Å². The molecule has 12 aromatic rings. The molecule has 320 valence electrons. The summed E-state index contributed by atoms with van der Waals surface area (Å²) in [7, 11) is -3.22. The van der Waals surface area contributed by atoms with Gasteiger partial charge in [-0.1, -0.05) is 190 Å². The zero-order valence-electron chi connectivity index (χ0n) is 37.6. The number of hydrogen-bond acceptors (Lipinski definition) is 2. The Balaban J connectivity index is 1.03. The lowest BCUT2D eigenvalue weighted by atomic mass is 9.82. The molecule has 0 saturated heterocycles. The normalized spacial score (nSPS) is 16.3. The van der Waals surface area contributed by atoms with Crippen molar-refractivity contribution in [2.75, 3.05) is 0 Å². The molecule has 1 atom stereocenters. The van der Waals surface area contributed by atoms with Crippen LogP contribution in [-0.2, 0) is 5.41 Å². The summed E-state index contributed by atoms with van der Waals surface area (Å²) in [6, 6.07) is 81.4. The number of hydrogen-bond donors (Lipinski definition) is 0. The first-order chi connectivity index (χ1) is 33.5. The standard InChI is InChI=1S/C64H43NO2Si/c1-64(2)52-24-10-7-18-44(52)50-37-40(31-33-53(50)64)68(41-32-34-56-51(38-41)63-49(23-15-28-58(63)66-56)62-47-21-5-3-16-42(47)43-17-4-6-22-48(43)62)60-29-14-13-27-57(60)67-59-36-39(30-35-61(59)68)65-54-25-11-8-19-45(54)46-20-9-12-26-55(46)65/h3-38,62H,1-2H3. The van der Waals surface area contributed by atoms with Crippen molar-refractivity contribution in [3.05, 3.63) is 246 Å². The zero-order valence-corrected chi connectivity index (χ0v) is 38.6. The molecular weight excluding hydrogens is 843 g/mol. The summed E-state index contributed by atoms with van der Waals surface area (Å²) in [5.74, 6) is 1.88. The molecule has 0 fully saturated rings. The van der Waals surface area contributed by atoms with Crippen LogP contribution in [0.25, 0.3) is 71.7 Å². The maximum atomic E-state index is 7.22. The topological polar surface area (TPSA) is 27.3 Å². The number of furan rings is 1. The number of fused-ring (bicyclic) bond motifs is 14. The minimum absolute atomic E-state index is 0.0747. The van der Waals surface area contributed by atoms with Crippen LogP contribution < -0.4 is 25.5 Å². The highest BCUT2D eigenvalue weighted by molar-refractivity contribution is 7.21. The molecule has 4 heteroatoms. The highest BCUT2D eigenvalue weighted by Gasteiger charge is 2.49. The van der Waals surface area contributed by atoms with E-state index in [1.165, 1.54) is 98.0 Å². The number of nitrogens with zero attached hydrogens (tertiary/aromatic N) is 1. The first kappa shape index (κ1) is 38.0. The van der Waals surface area contributed by atoms with Crippen LogP contribution in [0.3, 0.4) is 0 Å². The quantitative estimate of drug-likeness (QED) is 0.165. The van der Waals surface area contributed by atoms with Gasteiger partial charge in [0.05, 0.1) is 11.0 Å². The van der Waals surface area contributed by atoms with Crippen molar-refractivity contribution in [3.8, 4) is 39.4 Å². The highest BCUT2D eigenvalue weighted by atomic mass is 28.3. The SMILES string of the molecule is CC1(C)c2ccccc2-c2cc([Si]3(c4ccc5oc6cccc(C7c8ccccc8-c8ccccc87)c6c5c4)c4ccccc4Oc4cc(-n5c6ccccc6c6ccccc65)ccc43)ccc21. The summed E-state index contributed by atoms with van der Waals surface area (Å²) >= 11 is 0. The van der Waals surface area contributed by atoms with Crippen molar-refractivity contribution >= 4 is 72.6 Å². The van der Waals surface area contributed by atoms with Crippen LogP contribution in [0.1, 0.15) is 47.6 Å². The van der Waals surface area contributed by atoms with Gasteiger partial charge in [-0.3, -0.25) is 0 Å². The van der Waals surface area contributed by atoms with E-state index in [9.17, 15) is 0 Å². The predicted molar refractivity (Wildman–Crippen MR) is 282 cm³/mol.